The predicted molar refractivity (Wildman–Crippen MR) is 48.1 cm³/mol. The SMILES string of the molecule is [NH-][N+]1=C2CCCC23CCCCC13. The molecule has 12 heavy (non-hydrogen) atoms. The lowest BCUT2D eigenvalue weighted by Gasteiger charge is -2.47. The third-order valence-corrected chi connectivity index (χ3v) is 4.20. The summed E-state index contributed by atoms with van der Waals surface area (Å²) < 4.78 is 1.84. The quantitative estimate of drug-likeness (QED) is 0.492. The predicted octanol–water partition coefficient (Wildman–Crippen LogP) is 2.53. The van der Waals surface area contributed by atoms with Gasteiger partial charge in [0.15, 0.2) is 11.8 Å². The van der Waals surface area contributed by atoms with Crippen molar-refractivity contribution in [1.29, 1.82) is 0 Å². The van der Waals surface area contributed by atoms with Gasteiger partial charge in [-0.1, -0.05) is 6.42 Å². The molecule has 0 bridgehead atoms. The zero-order valence-electron chi connectivity index (χ0n) is 7.47. The Morgan fingerprint density at radius 2 is 2.08 bits per heavy atom. The lowest BCUT2D eigenvalue weighted by Crippen LogP contribution is -2.58. The van der Waals surface area contributed by atoms with Gasteiger partial charge >= 0.3 is 0 Å². The van der Waals surface area contributed by atoms with Crippen LogP contribution in [0.1, 0.15) is 44.9 Å². The maximum atomic E-state index is 7.86. The molecule has 2 unspecified atom stereocenters. The van der Waals surface area contributed by atoms with Crippen molar-refractivity contribution in [1.82, 2.24) is 0 Å². The lowest BCUT2D eigenvalue weighted by atomic mass is 9.64. The smallest absolute Gasteiger partial charge is 0.162 e. The van der Waals surface area contributed by atoms with Gasteiger partial charge in [0.1, 0.15) is 5.41 Å². The van der Waals surface area contributed by atoms with Gasteiger partial charge in [0.25, 0.3) is 0 Å². The van der Waals surface area contributed by atoms with Crippen molar-refractivity contribution in [3.05, 3.63) is 5.84 Å². The molecule has 0 amide bonds. The molecule has 1 N–H and O–H groups in total. The molecule has 0 aromatic rings. The Bertz CT molecular complexity index is 257. The fraction of sp³-hybridized carbons (Fsp3) is 0.900. The van der Waals surface area contributed by atoms with E-state index in [0.29, 0.717) is 11.5 Å². The number of rotatable bonds is 0. The van der Waals surface area contributed by atoms with Crippen molar-refractivity contribution >= 4 is 5.71 Å². The molecule has 3 aliphatic rings. The Balaban J connectivity index is 2.03. The van der Waals surface area contributed by atoms with Gasteiger partial charge in [-0.3, -0.25) is 4.68 Å². The Morgan fingerprint density at radius 3 is 3.00 bits per heavy atom. The van der Waals surface area contributed by atoms with E-state index in [2.05, 4.69) is 0 Å². The van der Waals surface area contributed by atoms with Crippen LogP contribution in [0.2, 0.25) is 0 Å². The minimum absolute atomic E-state index is 0.556. The second kappa shape index (κ2) is 2.04. The van der Waals surface area contributed by atoms with Crippen LogP contribution < -0.4 is 0 Å². The summed E-state index contributed by atoms with van der Waals surface area (Å²) in [6.07, 6.45) is 9.40. The summed E-state index contributed by atoms with van der Waals surface area (Å²) in [5, 5.41) is 0. The van der Waals surface area contributed by atoms with Crippen molar-refractivity contribution < 1.29 is 4.68 Å². The second-order valence-corrected chi connectivity index (χ2v) is 4.59. The van der Waals surface area contributed by atoms with Crippen LogP contribution in [0.15, 0.2) is 0 Å². The molecule has 1 spiro atoms. The number of hydrogen-bond acceptors (Lipinski definition) is 0. The van der Waals surface area contributed by atoms with Gasteiger partial charge < -0.3 is 5.84 Å². The Kier molecular flexibility index (Phi) is 1.18. The molecule has 0 aromatic carbocycles. The third-order valence-electron chi connectivity index (χ3n) is 4.20. The summed E-state index contributed by atoms with van der Waals surface area (Å²) >= 11 is 0. The molecule has 2 fully saturated rings. The molecule has 2 saturated carbocycles. The Labute approximate surface area is 73.4 Å². The molecule has 3 rings (SSSR count). The molecule has 66 valence electrons. The highest BCUT2D eigenvalue weighted by atomic mass is 15.4. The topological polar surface area (TPSA) is 26.8 Å². The summed E-state index contributed by atoms with van der Waals surface area (Å²) in [5.74, 6) is 7.86. The van der Waals surface area contributed by atoms with E-state index in [9.17, 15) is 0 Å². The van der Waals surface area contributed by atoms with Crippen molar-refractivity contribution in [3.8, 4) is 0 Å². The van der Waals surface area contributed by atoms with E-state index >= 15 is 0 Å². The Morgan fingerprint density at radius 1 is 1.25 bits per heavy atom. The van der Waals surface area contributed by atoms with Gasteiger partial charge in [-0.15, -0.1) is 0 Å². The van der Waals surface area contributed by atoms with Crippen LogP contribution in [0.25, 0.3) is 5.84 Å². The molecule has 0 saturated heterocycles. The first-order chi connectivity index (χ1) is 5.84. The van der Waals surface area contributed by atoms with Gasteiger partial charge in [0.2, 0.25) is 0 Å². The van der Waals surface area contributed by atoms with Crippen LogP contribution in [0.4, 0.5) is 0 Å². The lowest BCUT2D eigenvalue weighted by molar-refractivity contribution is -0.564. The van der Waals surface area contributed by atoms with E-state index < -0.39 is 0 Å². The summed E-state index contributed by atoms with van der Waals surface area (Å²) in [6, 6.07) is 0.615. The summed E-state index contributed by atoms with van der Waals surface area (Å²) in [6.45, 7) is 0. The highest BCUT2D eigenvalue weighted by Crippen LogP contribution is 2.54. The summed E-state index contributed by atoms with van der Waals surface area (Å²) in [5.41, 5.74) is 2.03. The zero-order chi connectivity index (χ0) is 8.18. The molecule has 0 radical (unpaired) electrons. The van der Waals surface area contributed by atoms with Crippen LogP contribution in [0.3, 0.4) is 0 Å². The maximum absolute atomic E-state index is 7.86. The first kappa shape index (κ1) is 6.93. The normalized spacial score (nSPS) is 45.2. The number of hydrogen-bond donors (Lipinski definition) is 0. The zero-order valence-corrected chi connectivity index (χ0v) is 7.47. The molecule has 0 aromatic heterocycles. The van der Waals surface area contributed by atoms with E-state index in [1.165, 1.54) is 50.7 Å². The van der Waals surface area contributed by atoms with E-state index in [1.807, 2.05) is 4.68 Å². The largest absolute Gasteiger partial charge is 0.454 e. The van der Waals surface area contributed by atoms with Crippen molar-refractivity contribution in [2.24, 2.45) is 5.41 Å². The number of nitrogens with one attached hydrogen (secondary N) is 1. The molecular weight excluding hydrogens is 148 g/mol. The van der Waals surface area contributed by atoms with E-state index in [-0.39, 0.29) is 0 Å². The van der Waals surface area contributed by atoms with Gasteiger partial charge in [-0.05, 0) is 25.7 Å². The monoisotopic (exact) mass is 164 g/mol. The van der Waals surface area contributed by atoms with Gasteiger partial charge in [-0.2, -0.15) is 0 Å². The van der Waals surface area contributed by atoms with Crippen LogP contribution >= 0.6 is 0 Å². The molecule has 1 heterocycles. The molecule has 2 nitrogen and oxygen atoms in total. The molecular formula is C10H16N2. The highest BCUT2D eigenvalue weighted by Gasteiger charge is 2.61. The van der Waals surface area contributed by atoms with Crippen LogP contribution in [0, 0.1) is 5.41 Å². The maximum Gasteiger partial charge on any atom is 0.162 e. The third kappa shape index (κ3) is 0.572. The van der Waals surface area contributed by atoms with Gasteiger partial charge in [0.05, 0.1) is 0 Å². The summed E-state index contributed by atoms with van der Waals surface area (Å²) in [7, 11) is 0. The minimum atomic E-state index is 0.556. The van der Waals surface area contributed by atoms with Crippen LogP contribution in [0.5, 0.6) is 0 Å². The summed E-state index contributed by atoms with van der Waals surface area (Å²) in [4.78, 5) is 0. The molecule has 2 heteroatoms. The standard InChI is InChI=1S/C10H16N2/c11-12-8-4-1-2-6-10(8)7-3-5-9(10)12/h8,11H,1-7H2. The number of nitrogens with zero attached hydrogens (tertiary/aromatic N) is 1. The fourth-order valence-corrected chi connectivity index (χ4v) is 3.67. The molecule has 1 aliphatic heterocycles. The van der Waals surface area contributed by atoms with Crippen molar-refractivity contribution in [2.45, 2.75) is 51.0 Å². The Hall–Kier alpha value is -0.530. The fourth-order valence-electron chi connectivity index (χ4n) is 3.67. The highest BCUT2D eigenvalue weighted by molar-refractivity contribution is 5.91. The van der Waals surface area contributed by atoms with Crippen molar-refractivity contribution in [2.75, 3.05) is 0 Å². The molecule has 2 aliphatic carbocycles. The van der Waals surface area contributed by atoms with Gasteiger partial charge in [-0.25, -0.2) is 0 Å². The van der Waals surface area contributed by atoms with Crippen LogP contribution in [-0.4, -0.2) is 16.4 Å². The average Bonchev–Trinajstić information content (AvgIpc) is 2.43. The first-order valence-electron chi connectivity index (χ1n) is 5.21. The molecule has 2 atom stereocenters. The van der Waals surface area contributed by atoms with Crippen LogP contribution in [-0.2, 0) is 0 Å². The van der Waals surface area contributed by atoms with Gasteiger partial charge in [0, 0.05) is 12.8 Å². The minimum Gasteiger partial charge on any atom is -0.454 e. The van der Waals surface area contributed by atoms with E-state index in [0.717, 1.165) is 0 Å². The first-order valence-corrected chi connectivity index (χ1v) is 5.21. The van der Waals surface area contributed by atoms with Crippen molar-refractivity contribution in [3.63, 3.8) is 0 Å². The average molecular weight is 164 g/mol. The second-order valence-electron chi connectivity index (χ2n) is 4.59. The van der Waals surface area contributed by atoms with E-state index in [4.69, 9.17) is 5.84 Å². The van der Waals surface area contributed by atoms with E-state index in [1.54, 1.807) is 0 Å².